The summed E-state index contributed by atoms with van der Waals surface area (Å²) in [7, 11) is 0. The summed E-state index contributed by atoms with van der Waals surface area (Å²) in [5.74, 6) is -0.183. The van der Waals surface area contributed by atoms with Crippen LogP contribution in [0.5, 0.6) is 11.5 Å². The number of esters is 1. The molecule has 1 heterocycles. The Bertz CT molecular complexity index is 611. The number of ether oxygens (including phenoxy) is 2. The number of para-hydroxylation sites is 1. The van der Waals surface area contributed by atoms with Crippen LogP contribution in [0.3, 0.4) is 0 Å². The topological polar surface area (TPSA) is 78.4 Å². The second kappa shape index (κ2) is 7.14. The lowest BCUT2D eigenvalue weighted by Gasteiger charge is -2.05. The molecule has 2 rings (SSSR count). The summed E-state index contributed by atoms with van der Waals surface area (Å²) in [6, 6.07) is 9.19. The standard InChI is InChI=1S/C15H14N2O4/c1-2-20-15(19)13(18)8-14-16-9-12(10-17-14)21-11-6-4-3-5-7-11/h3-7,9-10H,2,8H2,1H3. The third-order valence-electron chi connectivity index (χ3n) is 2.48. The van der Waals surface area contributed by atoms with Gasteiger partial charge < -0.3 is 9.47 Å². The van der Waals surface area contributed by atoms with E-state index in [1.807, 2.05) is 18.2 Å². The molecule has 6 heteroatoms. The maximum Gasteiger partial charge on any atom is 0.375 e. The highest BCUT2D eigenvalue weighted by Crippen LogP contribution is 2.18. The first-order valence-corrected chi connectivity index (χ1v) is 6.43. The van der Waals surface area contributed by atoms with Crippen molar-refractivity contribution in [1.29, 1.82) is 0 Å². The smallest absolute Gasteiger partial charge is 0.375 e. The number of ketones is 1. The number of rotatable bonds is 6. The van der Waals surface area contributed by atoms with Gasteiger partial charge in [-0.15, -0.1) is 0 Å². The van der Waals surface area contributed by atoms with Crippen molar-refractivity contribution in [2.24, 2.45) is 0 Å². The molecule has 0 spiro atoms. The predicted molar refractivity (Wildman–Crippen MR) is 73.9 cm³/mol. The minimum atomic E-state index is -0.870. The molecular weight excluding hydrogens is 272 g/mol. The van der Waals surface area contributed by atoms with Crippen LogP contribution in [0.2, 0.25) is 0 Å². The van der Waals surface area contributed by atoms with E-state index in [4.69, 9.17) is 4.74 Å². The first kappa shape index (κ1) is 14.6. The molecule has 0 saturated carbocycles. The number of aromatic nitrogens is 2. The van der Waals surface area contributed by atoms with Crippen molar-refractivity contribution in [3.63, 3.8) is 0 Å². The van der Waals surface area contributed by atoms with Crippen LogP contribution in [-0.4, -0.2) is 28.3 Å². The third-order valence-corrected chi connectivity index (χ3v) is 2.48. The zero-order chi connectivity index (χ0) is 15.1. The second-order valence-corrected chi connectivity index (χ2v) is 4.07. The van der Waals surface area contributed by atoms with Crippen LogP contribution in [0.1, 0.15) is 12.7 Å². The number of carbonyl (C=O) groups excluding carboxylic acids is 2. The summed E-state index contributed by atoms with van der Waals surface area (Å²) in [4.78, 5) is 30.7. The number of hydrogen-bond donors (Lipinski definition) is 0. The predicted octanol–water partition coefficient (Wildman–Crippen LogP) is 1.94. The molecular formula is C15H14N2O4. The molecule has 108 valence electrons. The summed E-state index contributed by atoms with van der Waals surface area (Å²) in [6.45, 7) is 1.80. The summed E-state index contributed by atoms with van der Waals surface area (Å²) in [5.41, 5.74) is 0. The number of benzene rings is 1. The molecule has 1 aromatic heterocycles. The SMILES string of the molecule is CCOC(=O)C(=O)Cc1ncc(Oc2ccccc2)cn1. The van der Waals surface area contributed by atoms with E-state index in [0.717, 1.165) is 0 Å². The number of hydrogen-bond acceptors (Lipinski definition) is 6. The van der Waals surface area contributed by atoms with Gasteiger partial charge in [0.15, 0.2) is 5.75 Å². The van der Waals surface area contributed by atoms with Gasteiger partial charge in [0.1, 0.15) is 11.6 Å². The minimum absolute atomic E-state index is 0.162. The fourth-order valence-electron chi connectivity index (χ4n) is 1.54. The van der Waals surface area contributed by atoms with E-state index in [0.29, 0.717) is 11.5 Å². The molecule has 0 bridgehead atoms. The molecule has 0 radical (unpaired) electrons. The van der Waals surface area contributed by atoms with Gasteiger partial charge in [-0.3, -0.25) is 4.79 Å². The van der Waals surface area contributed by atoms with Gasteiger partial charge in [-0.2, -0.15) is 0 Å². The molecule has 0 saturated heterocycles. The van der Waals surface area contributed by atoms with Crippen molar-refractivity contribution in [2.75, 3.05) is 6.61 Å². The Morgan fingerprint density at radius 3 is 2.33 bits per heavy atom. The Labute approximate surface area is 121 Å². The van der Waals surface area contributed by atoms with E-state index in [2.05, 4.69) is 14.7 Å². The van der Waals surface area contributed by atoms with Crippen molar-refractivity contribution in [2.45, 2.75) is 13.3 Å². The first-order valence-electron chi connectivity index (χ1n) is 6.43. The molecule has 2 aromatic rings. The van der Waals surface area contributed by atoms with Gasteiger partial charge in [0.05, 0.1) is 25.4 Å². The molecule has 0 amide bonds. The van der Waals surface area contributed by atoms with E-state index < -0.39 is 11.8 Å². The highest BCUT2D eigenvalue weighted by Gasteiger charge is 2.16. The number of carbonyl (C=O) groups is 2. The fourth-order valence-corrected chi connectivity index (χ4v) is 1.54. The zero-order valence-corrected chi connectivity index (χ0v) is 11.5. The van der Waals surface area contributed by atoms with Gasteiger partial charge in [0, 0.05) is 0 Å². The van der Waals surface area contributed by atoms with Crippen LogP contribution in [0.15, 0.2) is 42.7 Å². The monoisotopic (exact) mass is 286 g/mol. The highest BCUT2D eigenvalue weighted by molar-refractivity contribution is 6.33. The quantitative estimate of drug-likeness (QED) is 0.596. The highest BCUT2D eigenvalue weighted by atomic mass is 16.5. The van der Waals surface area contributed by atoms with Gasteiger partial charge in [-0.1, -0.05) is 18.2 Å². The van der Waals surface area contributed by atoms with Crippen molar-refractivity contribution >= 4 is 11.8 Å². The Morgan fingerprint density at radius 1 is 1.05 bits per heavy atom. The number of Topliss-reactive ketones (excluding diaryl/α,β-unsaturated/α-hetero) is 1. The molecule has 0 aliphatic carbocycles. The summed E-state index contributed by atoms with van der Waals surface area (Å²) < 4.78 is 10.1. The lowest BCUT2D eigenvalue weighted by molar-refractivity contribution is -0.153. The summed E-state index contributed by atoms with van der Waals surface area (Å²) in [5, 5.41) is 0. The van der Waals surface area contributed by atoms with Gasteiger partial charge in [-0.05, 0) is 19.1 Å². The number of nitrogens with zero attached hydrogens (tertiary/aromatic N) is 2. The van der Waals surface area contributed by atoms with Crippen molar-refractivity contribution in [3.8, 4) is 11.5 Å². The first-order chi connectivity index (χ1) is 10.2. The van der Waals surface area contributed by atoms with Crippen LogP contribution in [-0.2, 0) is 20.7 Å². The Hall–Kier alpha value is -2.76. The van der Waals surface area contributed by atoms with Crippen molar-refractivity contribution < 1.29 is 19.1 Å². The van der Waals surface area contributed by atoms with E-state index in [9.17, 15) is 9.59 Å². The summed E-state index contributed by atoms with van der Waals surface area (Å²) in [6.07, 6.45) is 2.71. The Morgan fingerprint density at radius 2 is 1.71 bits per heavy atom. The molecule has 0 N–H and O–H groups in total. The molecule has 0 unspecified atom stereocenters. The second-order valence-electron chi connectivity index (χ2n) is 4.07. The normalized spacial score (nSPS) is 9.95. The minimum Gasteiger partial charge on any atom is -0.460 e. The van der Waals surface area contributed by atoms with Gasteiger partial charge >= 0.3 is 5.97 Å². The average Bonchev–Trinajstić information content (AvgIpc) is 2.50. The maximum atomic E-state index is 11.5. The lowest BCUT2D eigenvalue weighted by Crippen LogP contribution is -2.20. The summed E-state index contributed by atoms with van der Waals surface area (Å²) >= 11 is 0. The van der Waals surface area contributed by atoms with Crippen molar-refractivity contribution in [1.82, 2.24) is 9.97 Å². The molecule has 0 atom stereocenters. The van der Waals surface area contributed by atoms with E-state index in [1.165, 1.54) is 12.4 Å². The zero-order valence-electron chi connectivity index (χ0n) is 11.5. The average molecular weight is 286 g/mol. The van der Waals surface area contributed by atoms with Gasteiger partial charge in [0.25, 0.3) is 0 Å². The van der Waals surface area contributed by atoms with E-state index in [-0.39, 0.29) is 18.9 Å². The molecule has 1 aromatic carbocycles. The van der Waals surface area contributed by atoms with Crippen LogP contribution in [0.4, 0.5) is 0 Å². The van der Waals surface area contributed by atoms with Crippen LogP contribution in [0, 0.1) is 0 Å². The molecule has 0 fully saturated rings. The van der Waals surface area contributed by atoms with Crippen LogP contribution in [0.25, 0.3) is 0 Å². The molecule has 6 nitrogen and oxygen atoms in total. The van der Waals surface area contributed by atoms with Gasteiger partial charge in [-0.25, -0.2) is 14.8 Å². The molecule has 21 heavy (non-hydrogen) atoms. The third kappa shape index (κ3) is 4.38. The fraction of sp³-hybridized carbons (Fsp3) is 0.200. The van der Waals surface area contributed by atoms with E-state index in [1.54, 1.807) is 19.1 Å². The maximum absolute atomic E-state index is 11.5. The van der Waals surface area contributed by atoms with Crippen LogP contribution < -0.4 is 4.74 Å². The molecule has 0 aliphatic rings. The largest absolute Gasteiger partial charge is 0.460 e. The Balaban J connectivity index is 1.96. The van der Waals surface area contributed by atoms with Crippen molar-refractivity contribution in [3.05, 3.63) is 48.5 Å². The lowest BCUT2D eigenvalue weighted by atomic mass is 10.2. The Kier molecular flexibility index (Phi) is 4.98. The molecule has 0 aliphatic heterocycles. The van der Waals surface area contributed by atoms with E-state index >= 15 is 0 Å². The van der Waals surface area contributed by atoms with Crippen LogP contribution >= 0.6 is 0 Å². The van der Waals surface area contributed by atoms with Gasteiger partial charge in [0.2, 0.25) is 5.78 Å².